The quantitative estimate of drug-likeness (QED) is 0.789. The molecule has 1 saturated heterocycles. The van der Waals surface area contributed by atoms with Crippen LogP contribution in [0, 0.1) is 0 Å². The lowest BCUT2D eigenvalue weighted by Crippen LogP contribution is -2.62. The van der Waals surface area contributed by atoms with Gasteiger partial charge in [0.1, 0.15) is 5.54 Å². The monoisotopic (exact) mass is 402 g/mol. The molecular formula is C21H30N4O4. The van der Waals surface area contributed by atoms with Crippen LogP contribution in [0.2, 0.25) is 0 Å². The molecule has 3 rings (SSSR count). The summed E-state index contributed by atoms with van der Waals surface area (Å²) in [5.41, 5.74) is 0.150. The van der Waals surface area contributed by atoms with Gasteiger partial charge >= 0.3 is 12.1 Å². The van der Waals surface area contributed by atoms with Crippen LogP contribution in [0.25, 0.3) is 0 Å². The van der Waals surface area contributed by atoms with E-state index in [4.69, 9.17) is 4.74 Å². The van der Waals surface area contributed by atoms with Gasteiger partial charge in [0, 0.05) is 32.7 Å². The highest BCUT2D eigenvalue weighted by molar-refractivity contribution is 5.91. The van der Waals surface area contributed by atoms with Crippen molar-refractivity contribution in [2.45, 2.75) is 44.7 Å². The van der Waals surface area contributed by atoms with E-state index in [1.807, 2.05) is 30.3 Å². The number of benzene rings is 1. The molecule has 0 unspecified atom stereocenters. The molecule has 4 amide bonds. The van der Waals surface area contributed by atoms with Gasteiger partial charge in [-0.1, -0.05) is 43.2 Å². The number of nitrogens with zero attached hydrogens (tertiary/aromatic N) is 2. The molecule has 1 saturated carbocycles. The van der Waals surface area contributed by atoms with Crippen LogP contribution in [0.3, 0.4) is 0 Å². The summed E-state index contributed by atoms with van der Waals surface area (Å²) in [5.74, 6) is -0.0478. The maximum atomic E-state index is 13.3. The lowest BCUT2D eigenvalue weighted by molar-refractivity contribution is -0.139. The van der Waals surface area contributed by atoms with Gasteiger partial charge in [0.25, 0.3) is 0 Å². The summed E-state index contributed by atoms with van der Waals surface area (Å²) >= 11 is 0. The second-order valence-corrected chi connectivity index (χ2v) is 7.56. The van der Waals surface area contributed by atoms with Gasteiger partial charge in [0.15, 0.2) is 0 Å². The van der Waals surface area contributed by atoms with E-state index in [1.54, 1.807) is 16.7 Å². The summed E-state index contributed by atoms with van der Waals surface area (Å²) in [5, 5.41) is 5.82. The van der Waals surface area contributed by atoms with Crippen molar-refractivity contribution in [3.05, 3.63) is 35.9 Å². The van der Waals surface area contributed by atoms with Crippen molar-refractivity contribution in [2.75, 3.05) is 32.8 Å². The lowest BCUT2D eigenvalue weighted by atomic mass is 9.95. The Hall–Kier alpha value is -2.77. The molecule has 0 bridgehead atoms. The molecule has 0 radical (unpaired) electrons. The third-order valence-electron chi connectivity index (χ3n) is 5.61. The highest BCUT2D eigenvalue weighted by atomic mass is 16.6. The summed E-state index contributed by atoms with van der Waals surface area (Å²) in [6, 6.07) is 9.34. The Kier molecular flexibility index (Phi) is 6.95. The van der Waals surface area contributed by atoms with Crippen LogP contribution >= 0.6 is 0 Å². The zero-order valence-electron chi connectivity index (χ0n) is 17.0. The van der Waals surface area contributed by atoms with Gasteiger partial charge in [-0.3, -0.25) is 4.79 Å². The molecule has 1 aliphatic carbocycles. The molecule has 158 valence electrons. The van der Waals surface area contributed by atoms with Crippen LogP contribution in [-0.4, -0.2) is 66.2 Å². The van der Waals surface area contributed by atoms with Crippen molar-refractivity contribution in [1.82, 2.24) is 20.4 Å². The Labute approximate surface area is 171 Å². The number of piperazine rings is 1. The zero-order chi connectivity index (χ0) is 20.7. The molecule has 8 nitrogen and oxygen atoms in total. The first kappa shape index (κ1) is 21.0. The summed E-state index contributed by atoms with van der Waals surface area (Å²) in [6.45, 7) is 4.31. The normalized spacial score (nSPS) is 18.2. The third-order valence-corrected chi connectivity index (χ3v) is 5.61. The van der Waals surface area contributed by atoms with Crippen molar-refractivity contribution >= 4 is 18.0 Å². The number of carbonyl (C=O) groups is 3. The van der Waals surface area contributed by atoms with Gasteiger partial charge in [-0.15, -0.1) is 0 Å². The van der Waals surface area contributed by atoms with Gasteiger partial charge in [-0.05, 0) is 25.3 Å². The summed E-state index contributed by atoms with van der Waals surface area (Å²) < 4.78 is 5.03. The molecule has 0 atom stereocenters. The Morgan fingerprint density at radius 1 is 1.00 bits per heavy atom. The van der Waals surface area contributed by atoms with Crippen LogP contribution < -0.4 is 10.6 Å². The van der Waals surface area contributed by atoms with E-state index in [9.17, 15) is 14.4 Å². The molecule has 29 heavy (non-hydrogen) atoms. The summed E-state index contributed by atoms with van der Waals surface area (Å²) in [4.78, 5) is 41.0. The van der Waals surface area contributed by atoms with Gasteiger partial charge < -0.3 is 25.2 Å². The first-order valence-corrected chi connectivity index (χ1v) is 10.3. The van der Waals surface area contributed by atoms with E-state index in [1.165, 1.54) is 0 Å². The van der Waals surface area contributed by atoms with Crippen LogP contribution in [0.15, 0.2) is 30.3 Å². The van der Waals surface area contributed by atoms with E-state index in [-0.39, 0.29) is 18.0 Å². The van der Waals surface area contributed by atoms with Gasteiger partial charge in [0.2, 0.25) is 5.91 Å². The molecule has 2 aliphatic rings. The Bertz CT molecular complexity index is 711. The number of nitrogens with one attached hydrogen (secondary N) is 2. The molecule has 8 heteroatoms. The minimum atomic E-state index is -0.854. The van der Waals surface area contributed by atoms with Crippen molar-refractivity contribution in [1.29, 1.82) is 0 Å². The largest absolute Gasteiger partial charge is 0.450 e. The number of urea groups is 1. The lowest BCUT2D eigenvalue weighted by Gasteiger charge is -2.39. The summed E-state index contributed by atoms with van der Waals surface area (Å²) in [7, 11) is 0. The predicted molar refractivity (Wildman–Crippen MR) is 108 cm³/mol. The van der Waals surface area contributed by atoms with E-state index in [2.05, 4.69) is 10.6 Å². The standard InChI is InChI=1S/C21H30N4O4/c1-2-29-20(28)25-14-12-24(13-15-25)18(26)21(10-6-7-11-21)23-19(27)22-16-17-8-4-3-5-9-17/h3-5,8-9H,2,6-7,10-16H2,1H3,(H2,22,23,27). The molecule has 2 fully saturated rings. The fourth-order valence-corrected chi connectivity index (χ4v) is 4.02. The van der Waals surface area contributed by atoms with Crippen molar-refractivity contribution in [3.63, 3.8) is 0 Å². The second-order valence-electron chi connectivity index (χ2n) is 7.56. The number of rotatable bonds is 5. The van der Waals surface area contributed by atoms with E-state index >= 15 is 0 Å². The van der Waals surface area contributed by atoms with E-state index in [0.717, 1.165) is 18.4 Å². The van der Waals surface area contributed by atoms with Crippen LogP contribution in [0.1, 0.15) is 38.2 Å². The second kappa shape index (κ2) is 9.62. The molecule has 1 heterocycles. The number of hydrogen-bond acceptors (Lipinski definition) is 4. The first-order chi connectivity index (χ1) is 14.0. The molecule has 2 N–H and O–H groups in total. The van der Waals surface area contributed by atoms with Gasteiger partial charge in [0.05, 0.1) is 6.61 Å². The molecule has 1 aliphatic heterocycles. The maximum absolute atomic E-state index is 13.3. The van der Waals surface area contributed by atoms with Crippen molar-refractivity contribution in [2.24, 2.45) is 0 Å². The Morgan fingerprint density at radius 3 is 2.24 bits per heavy atom. The highest BCUT2D eigenvalue weighted by Crippen LogP contribution is 2.32. The van der Waals surface area contributed by atoms with E-state index in [0.29, 0.717) is 52.2 Å². The zero-order valence-corrected chi connectivity index (χ0v) is 17.0. The molecule has 1 aromatic rings. The van der Waals surface area contributed by atoms with Crippen molar-refractivity contribution in [3.8, 4) is 0 Å². The maximum Gasteiger partial charge on any atom is 0.409 e. The molecular weight excluding hydrogens is 372 g/mol. The van der Waals surface area contributed by atoms with Gasteiger partial charge in [-0.2, -0.15) is 0 Å². The highest BCUT2D eigenvalue weighted by Gasteiger charge is 2.45. The molecule has 0 spiro atoms. The first-order valence-electron chi connectivity index (χ1n) is 10.3. The predicted octanol–water partition coefficient (Wildman–Crippen LogP) is 2.10. The fraction of sp³-hybridized carbons (Fsp3) is 0.571. The number of hydrogen-bond donors (Lipinski definition) is 2. The molecule has 1 aromatic carbocycles. The number of ether oxygens (including phenoxy) is 1. The fourth-order valence-electron chi connectivity index (χ4n) is 4.02. The smallest absolute Gasteiger partial charge is 0.409 e. The van der Waals surface area contributed by atoms with Crippen molar-refractivity contribution < 1.29 is 19.1 Å². The Morgan fingerprint density at radius 2 is 1.62 bits per heavy atom. The van der Waals surface area contributed by atoms with Crippen LogP contribution in [0.5, 0.6) is 0 Å². The average Bonchev–Trinajstić information content (AvgIpc) is 3.22. The molecule has 0 aromatic heterocycles. The topological polar surface area (TPSA) is 91.0 Å². The van der Waals surface area contributed by atoms with E-state index < -0.39 is 5.54 Å². The van der Waals surface area contributed by atoms with Crippen LogP contribution in [-0.2, 0) is 16.1 Å². The summed E-state index contributed by atoms with van der Waals surface area (Å²) in [6.07, 6.45) is 2.76. The average molecular weight is 402 g/mol. The van der Waals surface area contributed by atoms with Crippen LogP contribution in [0.4, 0.5) is 9.59 Å². The Balaban J connectivity index is 1.56. The number of carbonyl (C=O) groups excluding carboxylic acids is 3. The minimum absolute atomic E-state index is 0.0478. The minimum Gasteiger partial charge on any atom is -0.450 e. The number of amides is 4. The SMILES string of the molecule is CCOC(=O)N1CCN(C(=O)C2(NC(=O)NCc3ccccc3)CCCC2)CC1. The van der Waals surface area contributed by atoms with Gasteiger partial charge in [-0.25, -0.2) is 9.59 Å². The third kappa shape index (κ3) is 5.19.